The van der Waals surface area contributed by atoms with Crippen molar-refractivity contribution in [3.8, 4) is 0 Å². The molecule has 2 rings (SSSR count). The van der Waals surface area contributed by atoms with Crippen LogP contribution in [-0.2, 0) is 10.0 Å². The molecule has 0 saturated heterocycles. The minimum Gasteiger partial charge on any atom is -0.260 e. The van der Waals surface area contributed by atoms with Gasteiger partial charge in [0.15, 0.2) is 0 Å². The summed E-state index contributed by atoms with van der Waals surface area (Å²) in [6.07, 6.45) is 6.49. The summed E-state index contributed by atoms with van der Waals surface area (Å²) in [6, 6.07) is 0.974. The molecule has 106 valence electrons. The molecule has 1 aromatic rings. The molecule has 7 heteroatoms. The molecule has 2 atom stereocenters. The third-order valence-electron chi connectivity index (χ3n) is 3.34. The third-order valence-corrected chi connectivity index (χ3v) is 5.94. The molecule has 1 heterocycles. The van der Waals surface area contributed by atoms with Crippen molar-refractivity contribution in [1.82, 2.24) is 9.71 Å². The molecule has 0 radical (unpaired) electrons. The van der Waals surface area contributed by atoms with E-state index in [1.807, 2.05) is 0 Å². The van der Waals surface area contributed by atoms with Crippen LogP contribution in [0.1, 0.15) is 25.7 Å². The maximum absolute atomic E-state index is 13.0. The topological polar surface area (TPSA) is 59.1 Å². The molecule has 19 heavy (non-hydrogen) atoms. The molecule has 1 saturated carbocycles. The first-order chi connectivity index (χ1) is 8.99. The summed E-state index contributed by atoms with van der Waals surface area (Å²) in [5.41, 5.74) is 0. The van der Waals surface area contributed by atoms with Crippen LogP contribution in [0.3, 0.4) is 0 Å². The van der Waals surface area contributed by atoms with Crippen molar-refractivity contribution in [2.75, 3.05) is 6.54 Å². The largest absolute Gasteiger partial charge is 0.260 e. The molecule has 4 nitrogen and oxygen atoms in total. The molecule has 0 aliphatic heterocycles. The van der Waals surface area contributed by atoms with Crippen molar-refractivity contribution in [1.29, 1.82) is 0 Å². The van der Waals surface area contributed by atoms with E-state index in [1.54, 1.807) is 0 Å². The first-order valence-corrected chi connectivity index (χ1v) is 8.63. The second-order valence-corrected chi connectivity index (χ2v) is 7.69. The Labute approximate surface area is 121 Å². The summed E-state index contributed by atoms with van der Waals surface area (Å²) in [5, 5.41) is 0. The normalized spacial score (nSPS) is 24.3. The first kappa shape index (κ1) is 14.9. The first-order valence-electron chi connectivity index (χ1n) is 6.23. The molecule has 1 N–H and O–H groups in total. The average Bonchev–Trinajstić information content (AvgIpc) is 2.38. The summed E-state index contributed by atoms with van der Waals surface area (Å²) in [4.78, 5) is 3.77. The van der Waals surface area contributed by atoms with Gasteiger partial charge in [0.05, 0.1) is 6.20 Å². The summed E-state index contributed by atoms with van der Waals surface area (Å²) in [6.45, 7) is 0.370. The smallest absolute Gasteiger partial charge is 0.242 e. The van der Waals surface area contributed by atoms with Crippen LogP contribution >= 0.6 is 15.9 Å². The standard InChI is InChI=1S/C12H16BrFN2O2S/c13-12-4-2-1-3-9(12)6-16-19(17,18)11-5-10(14)7-15-8-11/h5,7-9,12,16H,1-4,6H2. The molecule has 1 aromatic heterocycles. The maximum Gasteiger partial charge on any atom is 0.242 e. The Balaban J connectivity index is 2.01. The molecule has 1 aliphatic rings. The highest BCUT2D eigenvalue weighted by Gasteiger charge is 2.25. The summed E-state index contributed by atoms with van der Waals surface area (Å²) < 4.78 is 39.5. The molecular formula is C12H16BrFN2O2S. The number of pyridine rings is 1. The van der Waals surface area contributed by atoms with E-state index in [0.717, 1.165) is 37.7 Å². The zero-order valence-corrected chi connectivity index (χ0v) is 12.8. The number of nitrogens with one attached hydrogen (secondary N) is 1. The van der Waals surface area contributed by atoms with Crippen LogP contribution in [-0.4, -0.2) is 24.8 Å². The average molecular weight is 351 g/mol. The Bertz CT molecular complexity index is 538. The van der Waals surface area contributed by atoms with E-state index >= 15 is 0 Å². The van der Waals surface area contributed by atoms with Gasteiger partial charge in [-0.15, -0.1) is 0 Å². The molecule has 2 unspecified atom stereocenters. The van der Waals surface area contributed by atoms with Gasteiger partial charge >= 0.3 is 0 Å². The zero-order valence-electron chi connectivity index (χ0n) is 10.4. The number of hydrogen-bond donors (Lipinski definition) is 1. The van der Waals surface area contributed by atoms with Crippen LogP contribution in [0.5, 0.6) is 0 Å². The van der Waals surface area contributed by atoms with Crippen LogP contribution < -0.4 is 4.72 Å². The molecule has 0 aromatic carbocycles. The second-order valence-electron chi connectivity index (χ2n) is 4.75. The Morgan fingerprint density at radius 1 is 1.37 bits per heavy atom. The van der Waals surface area contributed by atoms with Gasteiger partial charge in [0, 0.05) is 17.6 Å². The van der Waals surface area contributed by atoms with E-state index < -0.39 is 15.8 Å². The van der Waals surface area contributed by atoms with Crippen LogP contribution in [0, 0.1) is 11.7 Å². The lowest BCUT2D eigenvalue weighted by Gasteiger charge is -2.27. The molecular weight excluding hydrogens is 335 g/mol. The maximum atomic E-state index is 13.0. The van der Waals surface area contributed by atoms with E-state index in [-0.39, 0.29) is 10.8 Å². The minimum atomic E-state index is -3.68. The molecule has 0 spiro atoms. The quantitative estimate of drug-likeness (QED) is 0.848. The van der Waals surface area contributed by atoms with Gasteiger partial charge in [0.25, 0.3) is 0 Å². The Morgan fingerprint density at radius 2 is 2.11 bits per heavy atom. The highest BCUT2D eigenvalue weighted by Crippen LogP contribution is 2.29. The van der Waals surface area contributed by atoms with Crippen molar-refractivity contribution in [2.45, 2.75) is 35.4 Å². The van der Waals surface area contributed by atoms with Crippen molar-refractivity contribution in [3.05, 3.63) is 24.3 Å². The van der Waals surface area contributed by atoms with Crippen molar-refractivity contribution in [3.63, 3.8) is 0 Å². The number of rotatable bonds is 4. The number of aromatic nitrogens is 1. The van der Waals surface area contributed by atoms with Gasteiger partial charge in [0.2, 0.25) is 10.0 Å². The van der Waals surface area contributed by atoms with Crippen LogP contribution in [0.15, 0.2) is 23.4 Å². The van der Waals surface area contributed by atoms with Gasteiger partial charge in [-0.1, -0.05) is 28.8 Å². The van der Waals surface area contributed by atoms with Crippen molar-refractivity contribution in [2.24, 2.45) is 5.92 Å². The van der Waals surface area contributed by atoms with Crippen LogP contribution in [0.2, 0.25) is 0 Å². The fourth-order valence-electron chi connectivity index (χ4n) is 2.23. The van der Waals surface area contributed by atoms with E-state index in [9.17, 15) is 12.8 Å². The SMILES string of the molecule is O=S(=O)(NCC1CCCCC1Br)c1cncc(F)c1. The predicted molar refractivity (Wildman–Crippen MR) is 74.1 cm³/mol. The van der Waals surface area contributed by atoms with Gasteiger partial charge in [-0.3, -0.25) is 4.98 Å². The van der Waals surface area contributed by atoms with Gasteiger partial charge < -0.3 is 0 Å². The summed E-state index contributed by atoms with van der Waals surface area (Å²) in [5.74, 6) is -0.371. The van der Waals surface area contributed by atoms with Crippen LogP contribution in [0.25, 0.3) is 0 Å². The predicted octanol–water partition coefficient (Wildman–Crippen LogP) is 2.45. The Kier molecular flexibility index (Phi) is 4.92. The number of halogens is 2. The summed E-state index contributed by atoms with van der Waals surface area (Å²) in [7, 11) is -3.68. The fourth-order valence-corrected chi connectivity index (χ4v) is 4.07. The lowest BCUT2D eigenvalue weighted by molar-refractivity contribution is 0.373. The van der Waals surface area contributed by atoms with Gasteiger partial charge in [0.1, 0.15) is 10.7 Å². The van der Waals surface area contributed by atoms with E-state index in [4.69, 9.17) is 0 Å². The number of hydrogen-bond acceptors (Lipinski definition) is 3. The highest BCUT2D eigenvalue weighted by atomic mass is 79.9. The van der Waals surface area contributed by atoms with Crippen molar-refractivity contribution >= 4 is 26.0 Å². The Hall–Kier alpha value is -0.530. The Morgan fingerprint density at radius 3 is 2.79 bits per heavy atom. The van der Waals surface area contributed by atoms with Gasteiger partial charge in [-0.05, 0) is 24.8 Å². The van der Waals surface area contributed by atoms with Gasteiger partial charge in [-0.2, -0.15) is 0 Å². The molecule has 1 fully saturated rings. The lowest BCUT2D eigenvalue weighted by Crippen LogP contribution is -2.34. The monoisotopic (exact) mass is 350 g/mol. The van der Waals surface area contributed by atoms with E-state index in [0.29, 0.717) is 11.4 Å². The van der Waals surface area contributed by atoms with Crippen molar-refractivity contribution < 1.29 is 12.8 Å². The second kappa shape index (κ2) is 6.28. The van der Waals surface area contributed by atoms with Gasteiger partial charge in [-0.25, -0.2) is 17.5 Å². The molecule has 0 amide bonds. The number of nitrogens with zero attached hydrogens (tertiary/aromatic N) is 1. The van der Waals surface area contributed by atoms with E-state index in [1.165, 1.54) is 6.42 Å². The highest BCUT2D eigenvalue weighted by molar-refractivity contribution is 9.09. The zero-order chi connectivity index (χ0) is 13.9. The fraction of sp³-hybridized carbons (Fsp3) is 0.583. The lowest BCUT2D eigenvalue weighted by atomic mass is 9.89. The van der Waals surface area contributed by atoms with E-state index in [2.05, 4.69) is 25.6 Å². The molecule has 0 bridgehead atoms. The third kappa shape index (κ3) is 3.97. The number of sulfonamides is 1. The number of alkyl halides is 1. The summed E-state index contributed by atoms with van der Waals surface area (Å²) >= 11 is 3.58. The minimum absolute atomic E-state index is 0.130. The van der Waals surface area contributed by atoms with Crippen LogP contribution in [0.4, 0.5) is 4.39 Å². The molecule has 1 aliphatic carbocycles.